The molecule has 0 aromatic carbocycles. The van der Waals surface area contributed by atoms with Crippen molar-refractivity contribution in [2.24, 2.45) is 0 Å². The van der Waals surface area contributed by atoms with Crippen LogP contribution in [0.3, 0.4) is 0 Å². The Hall–Kier alpha value is -0.120. The SMILES string of the molecule is CCC(CO)OCCCO. The Morgan fingerprint density at radius 3 is 2.50 bits per heavy atom. The van der Waals surface area contributed by atoms with Crippen LogP contribution < -0.4 is 0 Å². The summed E-state index contributed by atoms with van der Waals surface area (Å²) in [6.45, 7) is 2.72. The van der Waals surface area contributed by atoms with E-state index in [4.69, 9.17) is 14.9 Å². The van der Waals surface area contributed by atoms with Crippen LogP contribution in [-0.4, -0.2) is 36.1 Å². The van der Waals surface area contributed by atoms with E-state index in [9.17, 15) is 0 Å². The number of hydrogen-bond acceptors (Lipinski definition) is 3. The molecule has 0 radical (unpaired) electrons. The molecular weight excluding hydrogens is 132 g/mol. The van der Waals surface area contributed by atoms with Crippen molar-refractivity contribution >= 4 is 0 Å². The molecular formula is C7H16O3. The highest BCUT2D eigenvalue weighted by Gasteiger charge is 2.02. The number of ether oxygens (including phenoxy) is 1. The third-order valence-electron chi connectivity index (χ3n) is 1.31. The van der Waals surface area contributed by atoms with Crippen molar-refractivity contribution in [3.8, 4) is 0 Å². The van der Waals surface area contributed by atoms with E-state index in [0.717, 1.165) is 6.42 Å². The molecule has 10 heavy (non-hydrogen) atoms. The highest BCUT2D eigenvalue weighted by molar-refractivity contribution is 4.50. The Kier molecular flexibility index (Phi) is 6.91. The molecule has 0 aliphatic heterocycles. The van der Waals surface area contributed by atoms with Crippen LogP contribution in [0.4, 0.5) is 0 Å². The number of rotatable bonds is 6. The lowest BCUT2D eigenvalue weighted by atomic mass is 10.3. The summed E-state index contributed by atoms with van der Waals surface area (Å²) in [7, 11) is 0. The predicted molar refractivity (Wildman–Crippen MR) is 38.8 cm³/mol. The van der Waals surface area contributed by atoms with Gasteiger partial charge < -0.3 is 14.9 Å². The standard InChI is InChI=1S/C7H16O3/c1-2-7(6-9)10-5-3-4-8/h7-9H,2-6H2,1H3. The molecule has 0 rings (SSSR count). The predicted octanol–water partition coefficient (Wildman–Crippen LogP) is 0.156. The quantitative estimate of drug-likeness (QED) is 0.527. The summed E-state index contributed by atoms with van der Waals surface area (Å²) in [6.07, 6.45) is 1.42. The maximum absolute atomic E-state index is 8.64. The van der Waals surface area contributed by atoms with Gasteiger partial charge in [-0.15, -0.1) is 0 Å². The summed E-state index contributed by atoms with van der Waals surface area (Å²) in [5.41, 5.74) is 0. The van der Waals surface area contributed by atoms with Gasteiger partial charge in [0.1, 0.15) is 0 Å². The van der Waals surface area contributed by atoms with Crippen molar-refractivity contribution in [1.82, 2.24) is 0 Å². The minimum absolute atomic E-state index is 0.0495. The van der Waals surface area contributed by atoms with Gasteiger partial charge in [0, 0.05) is 13.2 Å². The van der Waals surface area contributed by atoms with Crippen molar-refractivity contribution in [2.45, 2.75) is 25.9 Å². The normalized spacial score (nSPS) is 13.5. The van der Waals surface area contributed by atoms with Gasteiger partial charge in [-0.1, -0.05) is 6.92 Å². The summed E-state index contributed by atoms with van der Waals surface area (Å²) in [5, 5.41) is 17.0. The Morgan fingerprint density at radius 2 is 2.10 bits per heavy atom. The van der Waals surface area contributed by atoms with E-state index in [0.29, 0.717) is 13.0 Å². The van der Waals surface area contributed by atoms with Gasteiger partial charge >= 0.3 is 0 Å². The lowest BCUT2D eigenvalue weighted by Crippen LogP contribution is -2.17. The molecule has 0 saturated heterocycles. The number of aliphatic hydroxyl groups excluding tert-OH is 2. The van der Waals surface area contributed by atoms with E-state index in [1.807, 2.05) is 6.92 Å². The molecule has 0 aliphatic carbocycles. The molecule has 0 spiro atoms. The molecule has 0 aliphatic rings. The van der Waals surface area contributed by atoms with Crippen LogP contribution in [-0.2, 0) is 4.74 Å². The molecule has 3 heteroatoms. The molecule has 0 saturated carbocycles. The van der Waals surface area contributed by atoms with Crippen molar-refractivity contribution in [2.75, 3.05) is 19.8 Å². The van der Waals surface area contributed by atoms with Gasteiger partial charge in [-0.05, 0) is 12.8 Å². The van der Waals surface area contributed by atoms with E-state index in [1.54, 1.807) is 0 Å². The van der Waals surface area contributed by atoms with Gasteiger partial charge in [0.05, 0.1) is 12.7 Å². The average Bonchev–Trinajstić information content (AvgIpc) is 1.99. The fourth-order valence-corrected chi connectivity index (χ4v) is 0.614. The fraction of sp³-hybridized carbons (Fsp3) is 1.00. The van der Waals surface area contributed by atoms with Crippen molar-refractivity contribution in [3.63, 3.8) is 0 Å². The second-order valence-corrected chi connectivity index (χ2v) is 2.16. The van der Waals surface area contributed by atoms with Crippen LogP contribution in [0.25, 0.3) is 0 Å². The molecule has 0 fully saturated rings. The third-order valence-corrected chi connectivity index (χ3v) is 1.31. The molecule has 0 aromatic rings. The van der Waals surface area contributed by atoms with E-state index >= 15 is 0 Å². The number of hydrogen-bond donors (Lipinski definition) is 2. The smallest absolute Gasteiger partial charge is 0.0803 e. The minimum atomic E-state index is -0.0495. The summed E-state index contributed by atoms with van der Waals surface area (Å²) in [5.74, 6) is 0. The zero-order valence-electron chi connectivity index (χ0n) is 6.42. The highest BCUT2D eigenvalue weighted by atomic mass is 16.5. The molecule has 1 unspecified atom stereocenters. The van der Waals surface area contributed by atoms with E-state index in [2.05, 4.69) is 0 Å². The summed E-state index contributed by atoms with van der Waals surface area (Å²) in [4.78, 5) is 0. The second-order valence-electron chi connectivity index (χ2n) is 2.16. The summed E-state index contributed by atoms with van der Waals surface area (Å²) in [6, 6.07) is 0. The molecule has 0 bridgehead atoms. The first-order chi connectivity index (χ1) is 4.85. The zero-order valence-corrected chi connectivity index (χ0v) is 6.42. The van der Waals surface area contributed by atoms with E-state index in [1.165, 1.54) is 0 Å². The topological polar surface area (TPSA) is 49.7 Å². The Balaban J connectivity index is 3.09. The van der Waals surface area contributed by atoms with Gasteiger partial charge in [-0.3, -0.25) is 0 Å². The van der Waals surface area contributed by atoms with Gasteiger partial charge in [0.25, 0.3) is 0 Å². The van der Waals surface area contributed by atoms with Crippen LogP contribution in [0.5, 0.6) is 0 Å². The molecule has 1 atom stereocenters. The van der Waals surface area contributed by atoms with Crippen LogP contribution in [0.1, 0.15) is 19.8 Å². The maximum Gasteiger partial charge on any atom is 0.0803 e. The molecule has 0 aromatic heterocycles. The Labute approximate surface area is 61.6 Å². The lowest BCUT2D eigenvalue weighted by Gasteiger charge is -2.11. The van der Waals surface area contributed by atoms with Crippen LogP contribution in [0.2, 0.25) is 0 Å². The van der Waals surface area contributed by atoms with E-state index in [-0.39, 0.29) is 19.3 Å². The lowest BCUT2D eigenvalue weighted by molar-refractivity contribution is 0.00547. The van der Waals surface area contributed by atoms with Crippen molar-refractivity contribution in [1.29, 1.82) is 0 Å². The van der Waals surface area contributed by atoms with Gasteiger partial charge in [0.15, 0.2) is 0 Å². The summed E-state index contributed by atoms with van der Waals surface area (Å²) >= 11 is 0. The fourth-order valence-electron chi connectivity index (χ4n) is 0.614. The monoisotopic (exact) mass is 148 g/mol. The highest BCUT2D eigenvalue weighted by Crippen LogP contribution is 1.96. The first-order valence-corrected chi connectivity index (χ1v) is 3.68. The molecule has 2 N–H and O–H groups in total. The van der Waals surface area contributed by atoms with E-state index < -0.39 is 0 Å². The van der Waals surface area contributed by atoms with Crippen molar-refractivity contribution < 1.29 is 14.9 Å². The van der Waals surface area contributed by atoms with Crippen molar-refractivity contribution in [3.05, 3.63) is 0 Å². The summed E-state index contributed by atoms with van der Waals surface area (Å²) < 4.78 is 5.17. The maximum atomic E-state index is 8.64. The molecule has 0 amide bonds. The largest absolute Gasteiger partial charge is 0.396 e. The first kappa shape index (κ1) is 9.88. The average molecular weight is 148 g/mol. The first-order valence-electron chi connectivity index (χ1n) is 3.68. The minimum Gasteiger partial charge on any atom is -0.396 e. The van der Waals surface area contributed by atoms with Gasteiger partial charge in [0.2, 0.25) is 0 Å². The number of aliphatic hydroxyl groups is 2. The molecule has 62 valence electrons. The molecule has 0 heterocycles. The van der Waals surface area contributed by atoms with Crippen LogP contribution in [0.15, 0.2) is 0 Å². The second kappa shape index (κ2) is 6.99. The van der Waals surface area contributed by atoms with Crippen LogP contribution >= 0.6 is 0 Å². The third kappa shape index (κ3) is 4.73. The van der Waals surface area contributed by atoms with Gasteiger partial charge in [-0.2, -0.15) is 0 Å². The Morgan fingerprint density at radius 1 is 1.40 bits per heavy atom. The molecule has 3 nitrogen and oxygen atoms in total. The zero-order chi connectivity index (χ0) is 7.82. The van der Waals surface area contributed by atoms with Gasteiger partial charge in [-0.25, -0.2) is 0 Å². The Bertz CT molecular complexity index is 61.9. The van der Waals surface area contributed by atoms with Crippen LogP contribution in [0, 0.1) is 0 Å².